The number of benzene rings is 1. The van der Waals surface area contributed by atoms with E-state index in [1.54, 1.807) is 0 Å². The molecular weight excluding hydrogens is 354 g/mol. The van der Waals surface area contributed by atoms with Crippen molar-refractivity contribution in [3.05, 3.63) is 39.8 Å². The van der Waals surface area contributed by atoms with Crippen LogP contribution in [0.5, 0.6) is 0 Å². The maximum atomic E-state index is 14.4. The van der Waals surface area contributed by atoms with Crippen LogP contribution in [-0.4, -0.2) is 22.6 Å². The predicted molar refractivity (Wildman–Crippen MR) is 86.6 cm³/mol. The van der Waals surface area contributed by atoms with Crippen LogP contribution < -0.4 is 10.7 Å². The van der Waals surface area contributed by atoms with Crippen molar-refractivity contribution in [2.75, 3.05) is 13.1 Å². The SMILES string of the molecule is CCn1c(C(F)(F)F)nc2c(F)cc3c(=O)cc(C4CCNC4)oc3c21. The minimum atomic E-state index is -4.75. The predicted octanol–water partition coefficient (Wildman–Crippen LogP) is 3.40. The standard InChI is InChI=1S/C17H15F4N3O2/c1-2-24-14-13(23-16(24)17(19,20)21)10(18)5-9-11(25)6-12(26-15(9)14)8-3-4-22-7-8/h5-6,8,22H,2-4,7H2,1H3. The quantitative estimate of drug-likeness (QED) is 0.704. The molecule has 9 heteroatoms. The van der Waals surface area contributed by atoms with Gasteiger partial charge in [-0.15, -0.1) is 0 Å². The fourth-order valence-corrected chi connectivity index (χ4v) is 3.50. The Morgan fingerprint density at radius 2 is 2.15 bits per heavy atom. The van der Waals surface area contributed by atoms with E-state index in [9.17, 15) is 22.4 Å². The summed E-state index contributed by atoms with van der Waals surface area (Å²) < 4.78 is 61.0. The highest BCUT2D eigenvalue weighted by Gasteiger charge is 2.38. The second-order valence-electron chi connectivity index (χ2n) is 6.31. The van der Waals surface area contributed by atoms with Crippen LogP contribution >= 0.6 is 0 Å². The fraction of sp³-hybridized carbons (Fsp3) is 0.412. The molecule has 1 saturated heterocycles. The molecule has 1 N–H and O–H groups in total. The van der Waals surface area contributed by atoms with E-state index >= 15 is 0 Å². The maximum Gasteiger partial charge on any atom is 0.449 e. The molecule has 0 saturated carbocycles. The zero-order valence-electron chi connectivity index (χ0n) is 13.8. The van der Waals surface area contributed by atoms with Gasteiger partial charge in [0.05, 0.1) is 5.39 Å². The molecule has 1 unspecified atom stereocenters. The number of nitrogens with zero attached hydrogens (tertiary/aromatic N) is 2. The Morgan fingerprint density at radius 3 is 2.77 bits per heavy atom. The summed E-state index contributed by atoms with van der Waals surface area (Å²) in [5.41, 5.74) is -1.12. The number of imidazole rings is 1. The first kappa shape index (κ1) is 17.0. The Hall–Kier alpha value is -2.42. The van der Waals surface area contributed by atoms with Crippen molar-refractivity contribution in [2.24, 2.45) is 0 Å². The zero-order valence-corrected chi connectivity index (χ0v) is 13.8. The summed E-state index contributed by atoms with van der Waals surface area (Å²) in [6, 6.07) is 2.19. The third kappa shape index (κ3) is 2.49. The average molecular weight is 369 g/mol. The van der Waals surface area contributed by atoms with Crippen LogP contribution in [0.4, 0.5) is 17.6 Å². The molecule has 4 rings (SSSR count). The molecule has 5 nitrogen and oxygen atoms in total. The van der Waals surface area contributed by atoms with Gasteiger partial charge in [-0.1, -0.05) is 0 Å². The van der Waals surface area contributed by atoms with E-state index in [-0.39, 0.29) is 28.9 Å². The number of nitrogens with one attached hydrogen (secondary N) is 1. The van der Waals surface area contributed by atoms with E-state index in [1.165, 1.54) is 13.0 Å². The van der Waals surface area contributed by atoms with Gasteiger partial charge in [0, 0.05) is 25.1 Å². The van der Waals surface area contributed by atoms with Gasteiger partial charge in [0.1, 0.15) is 16.8 Å². The highest BCUT2D eigenvalue weighted by atomic mass is 19.4. The van der Waals surface area contributed by atoms with Crippen LogP contribution in [0.25, 0.3) is 22.0 Å². The summed E-state index contributed by atoms with van der Waals surface area (Å²) in [6.45, 7) is 2.77. The van der Waals surface area contributed by atoms with Gasteiger partial charge < -0.3 is 14.3 Å². The van der Waals surface area contributed by atoms with Crippen molar-refractivity contribution < 1.29 is 22.0 Å². The van der Waals surface area contributed by atoms with Gasteiger partial charge in [-0.25, -0.2) is 9.37 Å². The van der Waals surface area contributed by atoms with Gasteiger partial charge in [0.15, 0.2) is 16.8 Å². The van der Waals surface area contributed by atoms with Crippen LogP contribution in [0.15, 0.2) is 21.3 Å². The number of aryl methyl sites for hydroxylation is 1. The number of halogens is 4. The van der Waals surface area contributed by atoms with Crippen molar-refractivity contribution in [3.8, 4) is 0 Å². The lowest BCUT2D eigenvalue weighted by Gasteiger charge is -2.11. The zero-order chi connectivity index (χ0) is 18.6. The lowest BCUT2D eigenvalue weighted by atomic mass is 10.0. The summed E-state index contributed by atoms with van der Waals surface area (Å²) in [7, 11) is 0. The van der Waals surface area contributed by atoms with Crippen molar-refractivity contribution in [3.63, 3.8) is 0 Å². The molecule has 1 fully saturated rings. The lowest BCUT2D eigenvalue weighted by Crippen LogP contribution is -2.14. The van der Waals surface area contributed by atoms with Crippen LogP contribution in [0.3, 0.4) is 0 Å². The molecule has 0 aliphatic carbocycles. The van der Waals surface area contributed by atoms with Crippen LogP contribution in [0, 0.1) is 5.82 Å². The van der Waals surface area contributed by atoms with Crippen LogP contribution in [-0.2, 0) is 12.7 Å². The first-order valence-electron chi connectivity index (χ1n) is 8.25. The summed E-state index contributed by atoms with van der Waals surface area (Å²) in [5, 5.41) is 3.05. The number of rotatable bonds is 2. The molecule has 0 amide bonds. The first-order chi connectivity index (χ1) is 12.3. The Labute approximate surface area is 144 Å². The fourth-order valence-electron chi connectivity index (χ4n) is 3.50. The molecule has 138 valence electrons. The van der Waals surface area contributed by atoms with Crippen molar-refractivity contribution in [1.82, 2.24) is 14.9 Å². The molecular formula is C17H15F4N3O2. The monoisotopic (exact) mass is 369 g/mol. The topological polar surface area (TPSA) is 60.1 Å². The molecule has 1 aromatic carbocycles. The highest BCUT2D eigenvalue weighted by Crippen LogP contribution is 2.36. The smallest absolute Gasteiger partial charge is 0.449 e. The van der Waals surface area contributed by atoms with Gasteiger partial charge in [0.25, 0.3) is 0 Å². The molecule has 3 aromatic rings. The van der Waals surface area contributed by atoms with Gasteiger partial charge in [-0.3, -0.25) is 4.79 Å². The minimum Gasteiger partial charge on any atom is -0.458 e. The highest BCUT2D eigenvalue weighted by molar-refractivity contribution is 6.01. The van der Waals surface area contributed by atoms with Crippen LogP contribution in [0.2, 0.25) is 0 Å². The van der Waals surface area contributed by atoms with E-state index in [1.807, 2.05) is 0 Å². The number of hydrogen-bond acceptors (Lipinski definition) is 4. The summed E-state index contributed by atoms with van der Waals surface area (Å²) in [5.74, 6) is -1.85. The average Bonchev–Trinajstić information content (AvgIpc) is 3.23. The lowest BCUT2D eigenvalue weighted by molar-refractivity contribution is -0.146. The maximum absolute atomic E-state index is 14.4. The van der Waals surface area contributed by atoms with E-state index in [0.717, 1.165) is 23.6 Å². The Bertz CT molecular complexity index is 1060. The molecule has 0 radical (unpaired) electrons. The van der Waals surface area contributed by atoms with Gasteiger partial charge in [0.2, 0.25) is 5.82 Å². The molecule has 0 spiro atoms. The van der Waals surface area contributed by atoms with E-state index in [0.29, 0.717) is 12.3 Å². The first-order valence-corrected chi connectivity index (χ1v) is 8.25. The largest absolute Gasteiger partial charge is 0.458 e. The second kappa shape index (κ2) is 5.80. The Kier molecular flexibility index (Phi) is 3.80. The minimum absolute atomic E-state index is 0.0488. The van der Waals surface area contributed by atoms with Gasteiger partial charge in [-0.05, 0) is 26.0 Å². The number of fused-ring (bicyclic) bond motifs is 3. The van der Waals surface area contributed by atoms with Crippen LogP contribution in [0.1, 0.15) is 30.8 Å². The Morgan fingerprint density at radius 1 is 1.38 bits per heavy atom. The molecule has 26 heavy (non-hydrogen) atoms. The molecule has 1 aliphatic rings. The van der Waals surface area contributed by atoms with E-state index < -0.39 is 28.8 Å². The third-order valence-corrected chi connectivity index (χ3v) is 4.72. The van der Waals surface area contributed by atoms with Gasteiger partial charge in [-0.2, -0.15) is 13.2 Å². The molecule has 1 atom stereocenters. The summed E-state index contributed by atoms with van der Waals surface area (Å²) in [6.07, 6.45) is -4.00. The van der Waals surface area contributed by atoms with Crippen molar-refractivity contribution in [1.29, 1.82) is 0 Å². The number of hydrogen-bond donors (Lipinski definition) is 1. The summed E-state index contributed by atoms with van der Waals surface area (Å²) in [4.78, 5) is 15.9. The van der Waals surface area contributed by atoms with Crippen molar-refractivity contribution in [2.45, 2.75) is 32.0 Å². The molecule has 0 bridgehead atoms. The third-order valence-electron chi connectivity index (χ3n) is 4.72. The van der Waals surface area contributed by atoms with Crippen molar-refractivity contribution >= 4 is 22.0 Å². The second-order valence-corrected chi connectivity index (χ2v) is 6.31. The molecule has 3 heterocycles. The number of alkyl halides is 3. The van der Waals surface area contributed by atoms with Gasteiger partial charge >= 0.3 is 6.18 Å². The summed E-state index contributed by atoms with van der Waals surface area (Å²) >= 11 is 0. The Balaban J connectivity index is 2.12. The van der Waals surface area contributed by atoms with E-state index in [4.69, 9.17) is 4.42 Å². The van der Waals surface area contributed by atoms with E-state index in [2.05, 4.69) is 10.3 Å². The normalized spacial score (nSPS) is 18.3. The molecule has 2 aromatic heterocycles. The molecule has 1 aliphatic heterocycles. The number of aromatic nitrogens is 2.